The second kappa shape index (κ2) is 7.07. The molecule has 0 unspecified atom stereocenters. The van der Waals surface area contributed by atoms with E-state index in [4.69, 9.17) is 0 Å². The van der Waals surface area contributed by atoms with Crippen molar-refractivity contribution in [2.24, 2.45) is 5.92 Å². The molecule has 2 atom stereocenters. The molecule has 5 nitrogen and oxygen atoms in total. The standard InChI is InChI=1S/C18H22N2O3S3/c1-13-15-7-11-24-16(15)6-9-20(13)18(21)14-4-2-8-19(12-14)26(22,23)17-5-3-10-25-17/h3,5,7,10-11,13-14H,2,4,6,8-9,12H2,1H3/t13-,14+/m1/s1. The fourth-order valence-corrected chi connectivity index (χ4v) is 7.58. The Balaban J connectivity index is 1.51. The molecule has 4 rings (SSSR count). The van der Waals surface area contributed by atoms with Crippen molar-refractivity contribution in [3.63, 3.8) is 0 Å². The average Bonchev–Trinajstić information content (AvgIpc) is 3.34. The van der Waals surface area contributed by atoms with Gasteiger partial charge in [0.1, 0.15) is 4.21 Å². The third-order valence-corrected chi connectivity index (χ3v) is 9.62. The van der Waals surface area contributed by atoms with Gasteiger partial charge in [-0.15, -0.1) is 22.7 Å². The van der Waals surface area contributed by atoms with Crippen LogP contribution in [0, 0.1) is 5.92 Å². The summed E-state index contributed by atoms with van der Waals surface area (Å²) in [6, 6.07) is 5.56. The monoisotopic (exact) mass is 410 g/mol. The van der Waals surface area contributed by atoms with Gasteiger partial charge in [0.2, 0.25) is 5.91 Å². The molecule has 8 heteroatoms. The first-order valence-electron chi connectivity index (χ1n) is 8.89. The highest BCUT2D eigenvalue weighted by Gasteiger charge is 2.38. The van der Waals surface area contributed by atoms with Crippen LogP contribution in [0.1, 0.15) is 36.2 Å². The highest BCUT2D eigenvalue weighted by Crippen LogP contribution is 2.35. The summed E-state index contributed by atoms with van der Waals surface area (Å²) in [7, 11) is -3.49. The van der Waals surface area contributed by atoms with Gasteiger partial charge in [-0.1, -0.05) is 6.07 Å². The third kappa shape index (κ3) is 3.13. The third-order valence-electron chi connectivity index (χ3n) is 5.38. The number of fused-ring (bicyclic) bond motifs is 1. The van der Waals surface area contributed by atoms with E-state index in [9.17, 15) is 13.2 Å². The summed E-state index contributed by atoms with van der Waals surface area (Å²) in [4.78, 5) is 16.5. The Bertz CT molecular complexity index is 889. The van der Waals surface area contributed by atoms with Crippen molar-refractivity contribution in [1.82, 2.24) is 9.21 Å². The molecule has 1 amide bonds. The second-order valence-electron chi connectivity index (χ2n) is 6.89. The number of carbonyl (C=O) groups excluding carboxylic acids is 1. The van der Waals surface area contributed by atoms with Crippen molar-refractivity contribution >= 4 is 38.6 Å². The summed E-state index contributed by atoms with van der Waals surface area (Å²) in [5, 5.41) is 3.86. The van der Waals surface area contributed by atoms with Gasteiger partial charge in [0.25, 0.3) is 10.0 Å². The molecule has 1 fully saturated rings. The van der Waals surface area contributed by atoms with Gasteiger partial charge < -0.3 is 4.90 Å². The highest BCUT2D eigenvalue weighted by molar-refractivity contribution is 7.91. The van der Waals surface area contributed by atoms with E-state index in [1.165, 1.54) is 26.1 Å². The van der Waals surface area contributed by atoms with Gasteiger partial charge in [0.05, 0.1) is 12.0 Å². The van der Waals surface area contributed by atoms with Crippen LogP contribution in [0.4, 0.5) is 0 Å². The number of hydrogen-bond acceptors (Lipinski definition) is 5. The maximum atomic E-state index is 13.2. The molecular weight excluding hydrogens is 388 g/mol. The first-order valence-corrected chi connectivity index (χ1v) is 12.1. The van der Waals surface area contributed by atoms with Gasteiger partial charge in [-0.2, -0.15) is 4.31 Å². The Hall–Kier alpha value is -1.22. The minimum absolute atomic E-state index is 0.0711. The zero-order valence-electron chi connectivity index (χ0n) is 14.6. The van der Waals surface area contributed by atoms with Gasteiger partial charge in [-0.25, -0.2) is 8.42 Å². The molecule has 26 heavy (non-hydrogen) atoms. The number of hydrogen-bond donors (Lipinski definition) is 0. The molecule has 140 valence electrons. The van der Waals surface area contributed by atoms with E-state index in [2.05, 4.69) is 18.4 Å². The Morgan fingerprint density at radius 3 is 2.81 bits per heavy atom. The van der Waals surface area contributed by atoms with E-state index in [0.29, 0.717) is 17.3 Å². The zero-order chi connectivity index (χ0) is 18.3. The van der Waals surface area contributed by atoms with Gasteiger partial charge in [0, 0.05) is 24.5 Å². The van der Waals surface area contributed by atoms with E-state index in [1.807, 2.05) is 4.90 Å². The molecule has 2 aromatic heterocycles. The van der Waals surface area contributed by atoms with E-state index in [0.717, 1.165) is 25.8 Å². The Kier molecular flexibility index (Phi) is 4.94. The minimum atomic E-state index is -3.49. The first kappa shape index (κ1) is 18.2. The molecule has 0 aromatic carbocycles. The molecule has 0 spiro atoms. The smallest absolute Gasteiger partial charge is 0.252 e. The second-order valence-corrected chi connectivity index (χ2v) is 11.0. The molecule has 0 bridgehead atoms. The van der Waals surface area contributed by atoms with Crippen LogP contribution in [-0.2, 0) is 21.2 Å². The maximum Gasteiger partial charge on any atom is 0.252 e. The van der Waals surface area contributed by atoms with Crippen LogP contribution < -0.4 is 0 Å². The predicted octanol–water partition coefficient (Wildman–Crippen LogP) is 3.36. The van der Waals surface area contributed by atoms with Crippen LogP contribution in [0.25, 0.3) is 0 Å². The number of carbonyl (C=O) groups is 1. The van der Waals surface area contributed by atoms with Crippen LogP contribution >= 0.6 is 22.7 Å². The Morgan fingerprint density at radius 1 is 1.19 bits per heavy atom. The lowest BCUT2D eigenvalue weighted by Crippen LogP contribution is -2.48. The number of piperidine rings is 1. The van der Waals surface area contributed by atoms with Crippen molar-refractivity contribution in [2.45, 2.75) is 36.4 Å². The Labute approximate surface area is 162 Å². The van der Waals surface area contributed by atoms with E-state index in [1.54, 1.807) is 28.8 Å². The molecule has 2 aliphatic rings. The molecule has 0 aliphatic carbocycles. The fourth-order valence-electron chi connectivity index (χ4n) is 3.94. The molecule has 2 aliphatic heterocycles. The number of sulfonamides is 1. The molecule has 2 aromatic rings. The normalized spacial score (nSPS) is 24.4. The molecule has 0 radical (unpaired) electrons. The zero-order valence-corrected chi connectivity index (χ0v) is 17.1. The average molecular weight is 411 g/mol. The SMILES string of the molecule is C[C@@H]1c2ccsc2CCN1C(=O)[C@H]1CCCN(S(=O)(=O)c2cccs2)C1. The molecule has 1 saturated heterocycles. The van der Waals surface area contributed by atoms with Crippen molar-refractivity contribution in [3.05, 3.63) is 39.4 Å². The summed E-state index contributed by atoms with van der Waals surface area (Å²) in [6.07, 6.45) is 2.38. The van der Waals surface area contributed by atoms with Crippen molar-refractivity contribution in [1.29, 1.82) is 0 Å². The quantitative estimate of drug-likeness (QED) is 0.780. The lowest BCUT2D eigenvalue weighted by Gasteiger charge is -2.38. The summed E-state index contributed by atoms with van der Waals surface area (Å²) in [6.45, 7) is 3.58. The van der Waals surface area contributed by atoms with Crippen molar-refractivity contribution in [3.8, 4) is 0 Å². The van der Waals surface area contributed by atoms with Gasteiger partial charge in [-0.3, -0.25) is 4.79 Å². The van der Waals surface area contributed by atoms with Crippen molar-refractivity contribution < 1.29 is 13.2 Å². The van der Waals surface area contributed by atoms with E-state index < -0.39 is 10.0 Å². The van der Waals surface area contributed by atoms with Gasteiger partial charge in [0.15, 0.2) is 0 Å². The molecule has 0 N–H and O–H groups in total. The van der Waals surface area contributed by atoms with Crippen LogP contribution in [0.2, 0.25) is 0 Å². The van der Waals surface area contributed by atoms with E-state index >= 15 is 0 Å². The maximum absolute atomic E-state index is 13.2. The van der Waals surface area contributed by atoms with E-state index in [-0.39, 0.29) is 17.9 Å². The number of thiophene rings is 2. The topological polar surface area (TPSA) is 57.7 Å². The summed E-state index contributed by atoms with van der Waals surface area (Å²) in [5.41, 5.74) is 1.24. The number of rotatable bonds is 3. The summed E-state index contributed by atoms with van der Waals surface area (Å²) < 4.78 is 27.5. The van der Waals surface area contributed by atoms with Gasteiger partial charge in [-0.05, 0) is 54.6 Å². The predicted molar refractivity (Wildman–Crippen MR) is 104 cm³/mol. The number of amides is 1. The minimum Gasteiger partial charge on any atom is -0.335 e. The number of nitrogens with zero attached hydrogens (tertiary/aromatic N) is 2. The molecule has 4 heterocycles. The highest BCUT2D eigenvalue weighted by atomic mass is 32.2. The van der Waals surface area contributed by atoms with Gasteiger partial charge >= 0.3 is 0 Å². The van der Waals surface area contributed by atoms with Crippen LogP contribution in [0.15, 0.2) is 33.2 Å². The Morgan fingerprint density at radius 2 is 2.04 bits per heavy atom. The largest absolute Gasteiger partial charge is 0.335 e. The summed E-state index contributed by atoms with van der Waals surface area (Å²) >= 11 is 2.99. The van der Waals surface area contributed by atoms with Crippen LogP contribution in [0.5, 0.6) is 0 Å². The van der Waals surface area contributed by atoms with Crippen LogP contribution in [0.3, 0.4) is 0 Å². The van der Waals surface area contributed by atoms with Crippen LogP contribution in [-0.4, -0.2) is 43.2 Å². The molecular formula is C18H22N2O3S3. The first-order chi connectivity index (χ1) is 12.5. The fraction of sp³-hybridized carbons (Fsp3) is 0.500. The van der Waals surface area contributed by atoms with Crippen molar-refractivity contribution in [2.75, 3.05) is 19.6 Å². The molecule has 0 saturated carbocycles. The summed E-state index contributed by atoms with van der Waals surface area (Å²) in [5.74, 6) is -0.151. The lowest BCUT2D eigenvalue weighted by atomic mass is 9.94. The lowest BCUT2D eigenvalue weighted by molar-refractivity contribution is -0.139.